The van der Waals surface area contributed by atoms with Crippen LogP contribution in [-0.2, 0) is 4.79 Å². The second-order valence-corrected chi connectivity index (χ2v) is 6.74. The van der Waals surface area contributed by atoms with Gasteiger partial charge in [0.25, 0.3) is 11.8 Å². The number of amides is 3. The molecular formula is C20H23N3O5. The Morgan fingerprint density at radius 1 is 1.25 bits per heavy atom. The Morgan fingerprint density at radius 3 is 2.68 bits per heavy atom. The van der Waals surface area contributed by atoms with Crippen LogP contribution in [0.25, 0.3) is 0 Å². The summed E-state index contributed by atoms with van der Waals surface area (Å²) in [6.07, 6.45) is 2.70. The molecule has 0 saturated carbocycles. The zero-order valence-corrected chi connectivity index (χ0v) is 16.1. The lowest BCUT2D eigenvalue weighted by Gasteiger charge is -2.23. The molecule has 148 valence electrons. The highest BCUT2D eigenvalue weighted by Gasteiger charge is 2.35. The standard InChI is InChI=1S/C20H23N3O5/c1-22(2)19(25)13-8-9-16(27-3)14(12-13)21-18(24)15-6-4-10-23(15)20(26)17-7-5-11-28-17/h5,7-9,11-12,15H,4,6,10H2,1-3H3,(H,21,24)/t15-/m0/s1. The van der Waals surface area contributed by atoms with Crippen molar-refractivity contribution in [1.82, 2.24) is 9.80 Å². The van der Waals surface area contributed by atoms with E-state index in [0.29, 0.717) is 30.0 Å². The Hall–Kier alpha value is -3.29. The number of methoxy groups -OCH3 is 1. The van der Waals surface area contributed by atoms with Crippen LogP contribution in [0.4, 0.5) is 5.69 Å². The third-order valence-corrected chi connectivity index (χ3v) is 4.66. The van der Waals surface area contributed by atoms with E-state index in [9.17, 15) is 14.4 Å². The number of rotatable bonds is 5. The van der Waals surface area contributed by atoms with Crippen molar-refractivity contribution in [3.8, 4) is 5.75 Å². The topological polar surface area (TPSA) is 92.1 Å². The van der Waals surface area contributed by atoms with E-state index in [1.54, 1.807) is 44.4 Å². The van der Waals surface area contributed by atoms with Gasteiger partial charge in [-0.15, -0.1) is 0 Å². The van der Waals surface area contributed by atoms with Gasteiger partial charge in [0.2, 0.25) is 5.91 Å². The maximum absolute atomic E-state index is 12.9. The number of benzene rings is 1. The quantitative estimate of drug-likeness (QED) is 0.852. The molecule has 0 radical (unpaired) electrons. The van der Waals surface area contributed by atoms with Gasteiger partial charge in [-0.25, -0.2) is 0 Å². The number of anilines is 1. The lowest BCUT2D eigenvalue weighted by molar-refractivity contribution is -0.119. The average molecular weight is 385 g/mol. The summed E-state index contributed by atoms with van der Waals surface area (Å²) >= 11 is 0. The molecule has 2 heterocycles. The van der Waals surface area contributed by atoms with E-state index in [1.807, 2.05) is 0 Å². The third kappa shape index (κ3) is 3.85. The van der Waals surface area contributed by atoms with Gasteiger partial charge in [-0.3, -0.25) is 14.4 Å². The fourth-order valence-electron chi connectivity index (χ4n) is 3.24. The normalized spacial score (nSPS) is 16.0. The minimum atomic E-state index is -0.615. The van der Waals surface area contributed by atoms with Crippen LogP contribution in [0.2, 0.25) is 0 Å². The van der Waals surface area contributed by atoms with Crippen LogP contribution < -0.4 is 10.1 Å². The Labute approximate surface area is 163 Å². The zero-order chi connectivity index (χ0) is 20.3. The second kappa shape index (κ2) is 8.16. The number of carbonyl (C=O) groups excluding carboxylic acids is 3. The molecule has 0 bridgehead atoms. The predicted molar refractivity (Wildman–Crippen MR) is 102 cm³/mol. The summed E-state index contributed by atoms with van der Waals surface area (Å²) < 4.78 is 10.5. The molecule has 1 aliphatic heterocycles. The minimum Gasteiger partial charge on any atom is -0.495 e. The van der Waals surface area contributed by atoms with Gasteiger partial charge in [0, 0.05) is 26.2 Å². The largest absolute Gasteiger partial charge is 0.495 e. The highest BCUT2D eigenvalue weighted by atomic mass is 16.5. The predicted octanol–water partition coefficient (Wildman–Crippen LogP) is 2.23. The first kappa shape index (κ1) is 19.5. The van der Waals surface area contributed by atoms with Gasteiger partial charge in [0.15, 0.2) is 5.76 Å². The maximum atomic E-state index is 12.9. The maximum Gasteiger partial charge on any atom is 0.290 e. The summed E-state index contributed by atoms with van der Waals surface area (Å²) in [5.74, 6) is -0.189. The highest BCUT2D eigenvalue weighted by molar-refractivity contribution is 6.02. The lowest BCUT2D eigenvalue weighted by Crippen LogP contribution is -2.43. The van der Waals surface area contributed by atoms with Gasteiger partial charge < -0.3 is 24.3 Å². The van der Waals surface area contributed by atoms with Crippen molar-refractivity contribution in [3.63, 3.8) is 0 Å². The molecule has 8 heteroatoms. The lowest BCUT2D eigenvalue weighted by atomic mass is 10.1. The fraction of sp³-hybridized carbons (Fsp3) is 0.350. The first-order valence-corrected chi connectivity index (χ1v) is 8.97. The Kier molecular flexibility index (Phi) is 5.67. The third-order valence-electron chi connectivity index (χ3n) is 4.66. The van der Waals surface area contributed by atoms with Crippen molar-refractivity contribution >= 4 is 23.4 Å². The second-order valence-electron chi connectivity index (χ2n) is 6.74. The number of carbonyl (C=O) groups is 3. The summed E-state index contributed by atoms with van der Waals surface area (Å²) in [5.41, 5.74) is 0.813. The molecule has 1 N–H and O–H groups in total. The average Bonchev–Trinajstić information content (AvgIpc) is 3.38. The first-order chi connectivity index (χ1) is 13.4. The molecule has 1 aromatic heterocycles. The smallest absolute Gasteiger partial charge is 0.290 e. The molecule has 1 fully saturated rings. The van der Waals surface area contributed by atoms with Crippen molar-refractivity contribution in [3.05, 3.63) is 47.9 Å². The number of ether oxygens (including phenoxy) is 1. The molecule has 2 aromatic rings. The molecule has 8 nitrogen and oxygen atoms in total. The van der Waals surface area contributed by atoms with Crippen molar-refractivity contribution in [1.29, 1.82) is 0 Å². The van der Waals surface area contributed by atoms with Crippen molar-refractivity contribution in [2.24, 2.45) is 0 Å². The van der Waals surface area contributed by atoms with Crippen LogP contribution in [0.15, 0.2) is 41.0 Å². The number of likely N-dealkylation sites (tertiary alicyclic amines) is 1. The van der Waals surface area contributed by atoms with E-state index in [2.05, 4.69) is 5.32 Å². The molecule has 0 aliphatic carbocycles. The molecule has 1 aliphatic rings. The SMILES string of the molecule is COc1ccc(C(=O)N(C)C)cc1NC(=O)[C@@H]1CCCN1C(=O)c1ccco1. The van der Waals surface area contributed by atoms with E-state index >= 15 is 0 Å². The van der Waals surface area contributed by atoms with Crippen molar-refractivity contribution < 1.29 is 23.5 Å². The van der Waals surface area contributed by atoms with Crippen LogP contribution >= 0.6 is 0 Å². The summed E-state index contributed by atoms with van der Waals surface area (Å²) in [4.78, 5) is 40.7. The minimum absolute atomic E-state index is 0.186. The molecular weight excluding hydrogens is 362 g/mol. The number of hydrogen-bond acceptors (Lipinski definition) is 5. The summed E-state index contributed by atoms with van der Waals surface area (Å²) in [6.45, 7) is 0.480. The number of nitrogens with one attached hydrogen (secondary N) is 1. The molecule has 1 aromatic carbocycles. The van der Waals surface area contributed by atoms with Gasteiger partial charge in [0.1, 0.15) is 11.8 Å². The Balaban J connectivity index is 1.80. The summed E-state index contributed by atoms with van der Waals surface area (Å²) in [7, 11) is 4.80. The number of furan rings is 1. The van der Waals surface area contributed by atoms with Crippen LogP contribution in [-0.4, -0.2) is 61.3 Å². The van der Waals surface area contributed by atoms with Crippen LogP contribution in [0.5, 0.6) is 5.75 Å². The van der Waals surface area contributed by atoms with Crippen LogP contribution in [0, 0.1) is 0 Å². The van der Waals surface area contributed by atoms with Crippen LogP contribution in [0.3, 0.4) is 0 Å². The molecule has 0 spiro atoms. The monoisotopic (exact) mass is 385 g/mol. The molecule has 0 unspecified atom stereocenters. The summed E-state index contributed by atoms with van der Waals surface area (Å²) in [6, 6.07) is 7.44. The van der Waals surface area contributed by atoms with Crippen molar-refractivity contribution in [2.45, 2.75) is 18.9 Å². The van der Waals surface area contributed by atoms with E-state index in [-0.39, 0.29) is 23.5 Å². The summed E-state index contributed by atoms with van der Waals surface area (Å²) in [5, 5.41) is 2.81. The van der Waals surface area contributed by atoms with Gasteiger partial charge in [-0.1, -0.05) is 0 Å². The number of nitrogens with zero attached hydrogens (tertiary/aromatic N) is 2. The van der Waals surface area contributed by atoms with E-state index in [0.717, 1.165) is 6.42 Å². The first-order valence-electron chi connectivity index (χ1n) is 8.97. The molecule has 28 heavy (non-hydrogen) atoms. The van der Waals surface area contributed by atoms with Gasteiger partial charge >= 0.3 is 0 Å². The molecule has 3 rings (SSSR count). The van der Waals surface area contributed by atoms with Crippen molar-refractivity contribution in [2.75, 3.05) is 33.1 Å². The highest BCUT2D eigenvalue weighted by Crippen LogP contribution is 2.28. The van der Waals surface area contributed by atoms with E-state index in [4.69, 9.17) is 9.15 Å². The Morgan fingerprint density at radius 2 is 2.04 bits per heavy atom. The van der Waals surface area contributed by atoms with Crippen LogP contribution in [0.1, 0.15) is 33.8 Å². The van der Waals surface area contributed by atoms with Gasteiger partial charge in [-0.05, 0) is 43.2 Å². The molecule has 1 atom stereocenters. The number of hydrogen-bond donors (Lipinski definition) is 1. The van der Waals surface area contributed by atoms with E-state index in [1.165, 1.54) is 23.2 Å². The Bertz CT molecular complexity index is 876. The molecule has 3 amide bonds. The van der Waals surface area contributed by atoms with Gasteiger partial charge in [-0.2, -0.15) is 0 Å². The molecule has 1 saturated heterocycles. The van der Waals surface area contributed by atoms with Gasteiger partial charge in [0.05, 0.1) is 19.1 Å². The van der Waals surface area contributed by atoms with E-state index < -0.39 is 6.04 Å². The zero-order valence-electron chi connectivity index (χ0n) is 16.1. The fourth-order valence-corrected chi connectivity index (χ4v) is 3.24.